The van der Waals surface area contributed by atoms with Crippen LogP contribution in [0.3, 0.4) is 0 Å². The lowest BCUT2D eigenvalue weighted by Crippen LogP contribution is -2.32. The van der Waals surface area contributed by atoms with E-state index in [4.69, 9.17) is 9.15 Å². The van der Waals surface area contributed by atoms with Crippen molar-refractivity contribution >= 4 is 60.5 Å². The normalized spacial score (nSPS) is 15.3. The third-order valence-corrected chi connectivity index (χ3v) is 11.7. The number of hydrogen-bond donors (Lipinski definition) is 0. The summed E-state index contributed by atoms with van der Waals surface area (Å²) >= 11 is 0. The van der Waals surface area contributed by atoms with Crippen LogP contribution in [0, 0.1) is 0 Å². The van der Waals surface area contributed by atoms with Crippen molar-refractivity contribution in [2.75, 3.05) is 4.90 Å². The molecule has 3 heteroatoms. The molecule has 0 bridgehead atoms. The molecule has 1 spiro atoms. The van der Waals surface area contributed by atoms with E-state index in [9.17, 15) is 0 Å². The molecule has 0 N–H and O–H groups in total. The molecule has 0 radical (unpaired) electrons. The molecule has 0 fully saturated rings. The second-order valence-electron chi connectivity index (χ2n) is 14.4. The molecule has 54 heavy (non-hydrogen) atoms. The summed E-state index contributed by atoms with van der Waals surface area (Å²) in [7, 11) is 0. The first-order valence-electron chi connectivity index (χ1n) is 18.5. The lowest BCUT2D eigenvalue weighted by molar-refractivity contribution is 0.438. The van der Waals surface area contributed by atoms with E-state index in [1.807, 2.05) is 12.1 Å². The lowest BCUT2D eigenvalue weighted by Gasteiger charge is -2.40. The predicted molar refractivity (Wildman–Crippen MR) is 221 cm³/mol. The minimum absolute atomic E-state index is 0.618. The van der Waals surface area contributed by atoms with Crippen molar-refractivity contribution in [1.82, 2.24) is 0 Å². The van der Waals surface area contributed by atoms with E-state index in [0.717, 1.165) is 56.1 Å². The van der Waals surface area contributed by atoms with Gasteiger partial charge in [0.15, 0.2) is 0 Å². The first-order chi connectivity index (χ1) is 26.8. The topological polar surface area (TPSA) is 25.6 Å². The van der Waals surface area contributed by atoms with E-state index < -0.39 is 5.41 Å². The highest BCUT2D eigenvalue weighted by Gasteiger charge is 2.52. The van der Waals surface area contributed by atoms with Crippen LogP contribution < -0.4 is 9.64 Å². The zero-order valence-electron chi connectivity index (χ0n) is 29.2. The number of hydrogen-bond acceptors (Lipinski definition) is 3. The van der Waals surface area contributed by atoms with Gasteiger partial charge in [-0.1, -0.05) is 127 Å². The highest BCUT2D eigenvalue weighted by atomic mass is 16.5. The molecule has 0 saturated heterocycles. The fourth-order valence-electron chi connectivity index (χ4n) is 9.42. The summed E-state index contributed by atoms with van der Waals surface area (Å²) < 4.78 is 13.1. The Morgan fingerprint density at radius 1 is 0.370 bits per heavy atom. The molecule has 0 saturated carbocycles. The zero-order chi connectivity index (χ0) is 35.4. The van der Waals surface area contributed by atoms with Gasteiger partial charge in [0.1, 0.15) is 22.7 Å². The van der Waals surface area contributed by atoms with Gasteiger partial charge in [0.2, 0.25) is 0 Å². The SMILES string of the molecule is c1ccc2c(c1)Oc1ccc3ccccc3c1C21c2ccccc2-c2ccc(N(c3ccc4ccccc4c3)c3ccc4oc5ccccc5c4c3)cc21. The minimum Gasteiger partial charge on any atom is -0.457 e. The molecule has 2 aliphatic rings. The van der Waals surface area contributed by atoms with Gasteiger partial charge in [-0.2, -0.15) is 0 Å². The average Bonchev–Trinajstić information content (AvgIpc) is 3.74. The number of anilines is 3. The van der Waals surface area contributed by atoms with Crippen molar-refractivity contribution in [3.05, 3.63) is 210 Å². The van der Waals surface area contributed by atoms with Crippen LogP contribution in [0.5, 0.6) is 11.5 Å². The summed E-state index contributed by atoms with van der Waals surface area (Å²) in [4.78, 5) is 2.40. The Balaban J connectivity index is 1.18. The largest absolute Gasteiger partial charge is 0.457 e. The number of nitrogens with zero attached hydrogens (tertiary/aromatic N) is 1. The van der Waals surface area contributed by atoms with E-state index >= 15 is 0 Å². The van der Waals surface area contributed by atoms with Crippen LogP contribution in [0.1, 0.15) is 22.3 Å². The van der Waals surface area contributed by atoms with Gasteiger partial charge in [-0.05, 0) is 104 Å². The number of furan rings is 1. The van der Waals surface area contributed by atoms with Crippen molar-refractivity contribution in [3.63, 3.8) is 0 Å². The molecule has 1 aliphatic heterocycles. The Labute approximate surface area is 311 Å². The second kappa shape index (κ2) is 11.0. The molecule has 1 aromatic heterocycles. The van der Waals surface area contributed by atoms with E-state index in [0.29, 0.717) is 0 Å². The van der Waals surface area contributed by atoms with E-state index in [1.165, 1.54) is 49.4 Å². The summed E-state index contributed by atoms with van der Waals surface area (Å²) in [5, 5.41) is 7.00. The lowest BCUT2D eigenvalue weighted by atomic mass is 9.65. The Kier molecular flexibility index (Phi) is 5.98. The van der Waals surface area contributed by atoms with Gasteiger partial charge >= 0.3 is 0 Å². The number of ether oxygens (including phenoxy) is 1. The van der Waals surface area contributed by atoms with Crippen molar-refractivity contribution in [2.24, 2.45) is 0 Å². The maximum Gasteiger partial charge on any atom is 0.135 e. The van der Waals surface area contributed by atoms with Gasteiger partial charge in [0, 0.05) is 39.0 Å². The van der Waals surface area contributed by atoms with E-state index in [-0.39, 0.29) is 0 Å². The van der Waals surface area contributed by atoms with E-state index in [1.54, 1.807) is 0 Å². The molecule has 1 atom stereocenters. The fourth-order valence-corrected chi connectivity index (χ4v) is 9.42. The molecular weight excluding hydrogens is 659 g/mol. The number of para-hydroxylation sites is 2. The second-order valence-corrected chi connectivity index (χ2v) is 14.4. The number of benzene rings is 9. The first-order valence-corrected chi connectivity index (χ1v) is 18.5. The molecule has 10 aromatic rings. The van der Waals surface area contributed by atoms with Gasteiger partial charge < -0.3 is 14.1 Å². The van der Waals surface area contributed by atoms with Crippen molar-refractivity contribution in [1.29, 1.82) is 0 Å². The van der Waals surface area contributed by atoms with Crippen LogP contribution in [0.25, 0.3) is 54.6 Å². The van der Waals surface area contributed by atoms with Gasteiger partial charge in [-0.3, -0.25) is 0 Å². The molecule has 1 aliphatic carbocycles. The molecule has 3 nitrogen and oxygen atoms in total. The quantitative estimate of drug-likeness (QED) is 0.185. The first kappa shape index (κ1) is 29.5. The highest BCUT2D eigenvalue weighted by molar-refractivity contribution is 6.07. The Bertz CT molecular complexity index is 3170. The standard InChI is InChI=1S/C51H31NO2/c1-2-13-34-29-35(23-21-32(34)11-1)52(36-25-28-47-42(30-36)41-16-6-9-19-46(41)53-47)37-24-26-40-39-15-5-7-17-43(39)51(45(40)31-37)44-18-8-10-20-48(44)54-49-27-22-33-12-3-4-14-38(33)50(49)51/h1-31H. The Morgan fingerprint density at radius 2 is 1.00 bits per heavy atom. The van der Waals surface area contributed by atoms with Crippen LogP contribution >= 0.6 is 0 Å². The molecule has 12 rings (SSSR count). The van der Waals surface area contributed by atoms with Crippen LogP contribution in [-0.2, 0) is 5.41 Å². The van der Waals surface area contributed by atoms with Crippen molar-refractivity contribution in [3.8, 4) is 22.6 Å². The summed E-state index contributed by atoms with van der Waals surface area (Å²) in [6.45, 7) is 0. The third-order valence-electron chi connectivity index (χ3n) is 11.7. The van der Waals surface area contributed by atoms with Gasteiger partial charge in [0.05, 0.1) is 5.41 Å². The zero-order valence-corrected chi connectivity index (χ0v) is 29.2. The number of rotatable bonds is 3. The molecule has 1 unspecified atom stereocenters. The minimum atomic E-state index is -0.618. The molecule has 252 valence electrons. The van der Waals surface area contributed by atoms with Gasteiger partial charge in [0.25, 0.3) is 0 Å². The molecule has 2 heterocycles. The Morgan fingerprint density at radius 3 is 1.93 bits per heavy atom. The number of fused-ring (bicyclic) bond motifs is 15. The summed E-state index contributed by atoms with van der Waals surface area (Å²) in [6.07, 6.45) is 0. The smallest absolute Gasteiger partial charge is 0.135 e. The monoisotopic (exact) mass is 689 g/mol. The van der Waals surface area contributed by atoms with Gasteiger partial charge in [-0.15, -0.1) is 0 Å². The maximum atomic E-state index is 6.81. The van der Waals surface area contributed by atoms with Crippen LogP contribution in [-0.4, -0.2) is 0 Å². The predicted octanol–water partition coefficient (Wildman–Crippen LogP) is 13.8. The van der Waals surface area contributed by atoms with Gasteiger partial charge in [-0.25, -0.2) is 0 Å². The average molecular weight is 690 g/mol. The molecule has 9 aromatic carbocycles. The summed E-state index contributed by atoms with van der Waals surface area (Å²) in [5.74, 6) is 1.78. The Hall–Kier alpha value is -7.10. The van der Waals surface area contributed by atoms with Crippen molar-refractivity contribution < 1.29 is 9.15 Å². The van der Waals surface area contributed by atoms with Crippen LogP contribution in [0.4, 0.5) is 17.1 Å². The van der Waals surface area contributed by atoms with E-state index in [2.05, 4.69) is 181 Å². The van der Waals surface area contributed by atoms with Crippen LogP contribution in [0.15, 0.2) is 192 Å². The highest BCUT2D eigenvalue weighted by Crippen LogP contribution is 2.64. The fraction of sp³-hybridized carbons (Fsp3) is 0.0196. The summed E-state index contributed by atoms with van der Waals surface area (Å²) in [5.41, 5.74) is 11.7. The van der Waals surface area contributed by atoms with Crippen LogP contribution in [0.2, 0.25) is 0 Å². The molecular formula is C51H31NO2. The molecule has 0 amide bonds. The van der Waals surface area contributed by atoms with Crippen molar-refractivity contribution in [2.45, 2.75) is 5.41 Å². The maximum absolute atomic E-state index is 6.81. The summed E-state index contributed by atoms with van der Waals surface area (Å²) in [6, 6.07) is 67.9. The third kappa shape index (κ3) is 3.96.